The zero-order chi connectivity index (χ0) is 15.0. The van der Waals surface area contributed by atoms with Gasteiger partial charge in [-0.3, -0.25) is 0 Å². The first-order chi connectivity index (χ1) is 9.94. The molecule has 3 rings (SSSR count). The van der Waals surface area contributed by atoms with Crippen LogP contribution in [0.15, 0.2) is 4.52 Å². The van der Waals surface area contributed by atoms with E-state index in [9.17, 15) is 13.2 Å². The minimum absolute atomic E-state index is 0.0756. The highest BCUT2D eigenvalue weighted by Crippen LogP contribution is 2.42. The van der Waals surface area contributed by atoms with Crippen LogP contribution in [0, 0.1) is 0 Å². The molecule has 0 saturated heterocycles. The number of halogens is 3. The molecule has 0 aliphatic heterocycles. The maximum atomic E-state index is 12.0. The van der Waals surface area contributed by atoms with Crippen LogP contribution in [-0.4, -0.2) is 22.9 Å². The van der Waals surface area contributed by atoms with Crippen LogP contribution in [0.4, 0.5) is 18.2 Å². The van der Waals surface area contributed by atoms with Crippen molar-refractivity contribution >= 4 is 16.3 Å². The number of nitrogens with two attached hydrogens (primary N) is 1. The molecular formula is C12H12F3N3O2S. The number of fused-ring (bicyclic) bond motifs is 1. The molecular weight excluding hydrogens is 307 g/mol. The predicted octanol–water partition coefficient (Wildman–Crippen LogP) is 2.95. The summed E-state index contributed by atoms with van der Waals surface area (Å²) in [6.07, 6.45) is -1.42. The summed E-state index contributed by atoms with van der Waals surface area (Å²) in [5.41, 5.74) is 7.80. The Morgan fingerprint density at radius 3 is 2.90 bits per heavy atom. The molecule has 1 aliphatic rings. The van der Waals surface area contributed by atoms with Gasteiger partial charge < -0.3 is 15.0 Å². The van der Waals surface area contributed by atoms with Crippen LogP contribution < -0.4 is 5.73 Å². The molecule has 0 atom stereocenters. The molecule has 2 heterocycles. The standard InChI is InChI=1S/C12H12F3N3O2S/c13-12(14,15)5-19-4-8-17-11(20-18-8)9-6-2-1-3-7(6)21-10(9)16/h1-5,16H2. The molecule has 0 radical (unpaired) electrons. The lowest BCUT2D eigenvalue weighted by molar-refractivity contribution is -0.177. The lowest BCUT2D eigenvalue weighted by Gasteiger charge is -2.04. The van der Waals surface area contributed by atoms with E-state index in [2.05, 4.69) is 14.9 Å². The number of hydrogen-bond acceptors (Lipinski definition) is 6. The molecule has 9 heteroatoms. The summed E-state index contributed by atoms with van der Waals surface area (Å²) >= 11 is 1.50. The first-order valence-corrected chi connectivity index (χ1v) is 7.13. The van der Waals surface area contributed by atoms with E-state index in [0.717, 1.165) is 30.4 Å². The Kier molecular flexibility index (Phi) is 3.62. The first-order valence-electron chi connectivity index (χ1n) is 6.31. The van der Waals surface area contributed by atoms with E-state index in [1.807, 2.05) is 0 Å². The number of anilines is 1. The van der Waals surface area contributed by atoms with Crippen LogP contribution in [0.3, 0.4) is 0 Å². The van der Waals surface area contributed by atoms with Crippen molar-refractivity contribution in [2.45, 2.75) is 32.0 Å². The predicted molar refractivity (Wildman–Crippen MR) is 69.8 cm³/mol. The number of aryl methyl sites for hydroxylation is 1. The fourth-order valence-electron chi connectivity index (χ4n) is 2.33. The largest absolute Gasteiger partial charge is 0.411 e. The van der Waals surface area contributed by atoms with Crippen molar-refractivity contribution < 1.29 is 22.4 Å². The third kappa shape index (κ3) is 3.03. The second-order valence-corrected chi connectivity index (χ2v) is 5.86. The van der Waals surface area contributed by atoms with Gasteiger partial charge in [0.25, 0.3) is 5.89 Å². The number of nitrogen functional groups attached to an aromatic ring is 1. The first kappa shape index (κ1) is 14.3. The van der Waals surface area contributed by atoms with Gasteiger partial charge in [-0.1, -0.05) is 5.16 Å². The van der Waals surface area contributed by atoms with Gasteiger partial charge in [0.2, 0.25) is 0 Å². The summed E-state index contributed by atoms with van der Waals surface area (Å²) in [4.78, 5) is 5.29. The minimum atomic E-state index is -4.37. The quantitative estimate of drug-likeness (QED) is 0.938. The molecule has 21 heavy (non-hydrogen) atoms. The highest BCUT2D eigenvalue weighted by Gasteiger charge is 2.28. The number of rotatable bonds is 4. The van der Waals surface area contributed by atoms with E-state index in [4.69, 9.17) is 10.3 Å². The zero-order valence-electron chi connectivity index (χ0n) is 10.9. The van der Waals surface area contributed by atoms with Gasteiger partial charge >= 0.3 is 6.18 Å². The van der Waals surface area contributed by atoms with Gasteiger partial charge in [0.1, 0.15) is 13.2 Å². The summed E-state index contributed by atoms with van der Waals surface area (Å²) in [7, 11) is 0. The van der Waals surface area contributed by atoms with Gasteiger partial charge in [-0.25, -0.2) is 0 Å². The van der Waals surface area contributed by atoms with E-state index >= 15 is 0 Å². The number of thiophene rings is 1. The van der Waals surface area contributed by atoms with E-state index in [1.54, 1.807) is 0 Å². The van der Waals surface area contributed by atoms with Crippen LogP contribution in [0.5, 0.6) is 0 Å². The summed E-state index contributed by atoms with van der Waals surface area (Å²) in [6, 6.07) is 0. The van der Waals surface area contributed by atoms with Gasteiger partial charge in [0.15, 0.2) is 5.82 Å². The van der Waals surface area contributed by atoms with Crippen molar-refractivity contribution in [2.75, 3.05) is 12.3 Å². The van der Waals surface area contributed by atoms with Crippen LogP contribution >= 0.6 is 11.3 Å². The molecule has 1 aliphatic carbocycles. The van der Waals surface area contributed by atoms with Gasteiger partial charge in [-0.15, -0.1) is 11.3 Å². The average molecular weight is 319 g/mol. The lowest BCUT2D eigenvalue weighted by atomic mass is 10.1. The van der Waals surface area contributed by atoms with Crippen LogP contribution in [0.25, 0.3) is 11.5 Å². The normalized spacial score (nSPS) is 14.6. The summed E-state index contributed by atoms with van der Waals surface area (Å²) in [6.45, 7) is -1.69. The molecule has 0 spiro atoms. The van der Waals surface area contributed by atoms with Crippen LogP contribution in [-0.2, 0) is 24.2 Å². The smallest absolute Gasteiger partial charge is 0.390 e. The summed E-state index contributed by atoms with van der Waals surface area (Å²) < 4.78 is 45.6. The van der Waals surface area contributed by atoms with Gasteiger partial charge in [-0.05, 0) is 24.8 Å². The fraction of sp³-hybridized carbons (Fsp3) is 0.500. The SMILES string of the molecule is Nc1sc2c(c1-c1nc(COCC(F)(F)F)no1)CCC2. The molecule has 0 unspecified atom stereocenters. The second kappa shape index (κ2) is 5.30. The second-order valence-electron chi connectivity index (χ2n) is 4.72. The van der Waals surface area contributed by atoms with Crippen molar-refractivity contribution in [3.8, 4) is 11.5 Å². The van der Waals surface area contributed by atoms with Gasteiger partial charge in [0.05, 0.1) is 10.6 Å². The Bertz CT molecular complexity index is 651. The Hall–Kier alpha value is -1.61. The van der Waals surface area contributed by atoms with Gasteiger partial charge in [-0.2, -0.15) is 18.2 Å². The van der Waals surface area contributed by atoms with Crippen molar-refractivity contribution in [2.24, 2.45) is 0 Å². The molecule has 5 nitrogen and oxygen atoms in total. The highest BCUT2D eigenvalue weighted by atomic mass is 32.1. The van der Waals surface area contributed by atoms with E-state index < -0.39 is 12.8 Å². The molecule has 2 aromatic heterocycles. The number of nitrogens with zero attached hydrogens (tertiary/aromatic N) is 2. The fourth-order valence-corrected chi connectivity index (χ4v) is 3.48. The maximum Gasteiger partial charge on any atom is 0.411 e. The Labute approximate surface area is 121 Å². The van der Waals surface area contributed by atoms with Crippen molar-refractivity contribution in [1.29, 1.82) is 0 Å². The molecule has 0 saturated carbocycles. The zero-order valence-corrected chi connectivity index (χ0v) is 11.7. The molecule has 2 aromatic rings. The molecule has 0 amide bonds. The number of ether oxygens (including phenoxy) is 1. The Morgan fingerprint density at radius 1 is 1.33 bits per heavy atom. The molecule has 114 valence electrons. The van der Waals surface area contributed by atoms with Crippen molar-refractivity contribution in [1.82, 2.24) is 10.1 Å². The number of hydrogen-bond donors (Lipinski definition) is 1. The molecule has 0 bridgehead atoms. The Morgan fingerprint density at radius 2 is 2.14 bits per heavy atom. The number of aromatic nitrogens is 2. The Balaban J connectivity index is 1.74. The lowest BCUT2D eigenvalue weighted by Crippen LogP contribution is -2.16. The monoisotopic (exact) mass is 319 g/mol. The molecule has 2 N–H and O–H groups in total. The van der Waals surface area contributed by atoms with Crippen molar-refractivity contribution in [3.63, 3.8) is 0 Å². The van der Waals surface area contributed by atoms with Crippen molar-refractivity contribution in [3.05, 3.63) is 16.3 Å². The highest BCUT2D eigenvalue weighted by molar-refractivity contribution is 7.16. The van der Waals surface area contributed by atoms with Crippen LogP contribution in [0.1, 0.15) is 22.7 Å². The minimum Gasteiger partial charge on any atom is -0.390 e. The third-order valence-electron chi connectivity index (χ3n) is 3.13. The van der Waals surface area contributed by atoms with Crippen LogP contribution in [0.2, 0.25) is 0 Å². The topological polar surface area (TPSA) is 74.2 Å². The van der Waals surface area contributed by atoms with Gasteiger partial charge in [0, 0.05) is 4.88 Å². The average Bonchev–Trinajstić information content (AvgIpc) is 3.03. The molecule has 0 fully saturated rings. The summed E-state index contributed by atoms with van der Waals surface area (Å²) in [5.74, 6) is 0.323. The number of alkyl halides is 3. The van der Waals surface area contributed by atoms with E-state index in [-0.39, 0.29) is 18.3 Å². The molecule has 0 aromatic carbocycles. The van der Waals surface area contributed by atoms with E-state index in [0.29, 0.717) is 5.00 Å². The third-order valence-corrected chi connectivity index (χ3v) is 4.25. The summed E-state index contributed by atoms with van der Waals surface area (Å²) in [5, 5.41) is 4.23. The van der Waals surface area contributed by atoms with E-state index in [1.165, 1.54) is 16.2 Å². The maximum absolute atomic E-state index is 12.0.